The molecule has 0 bridgehead atoms. The maximum Gasteiger partial charge on any atom is 0.243 e. The number of sulfonamides is 1. The van der Waals surface area contributed by atoms with E-state index in [1.165, 1.54) is 0 Å². The van der Waals surface area contributed by atoms with Crippen molar-refractivity contribution in [2.75, 3.05) is 25.4 Å². The van der Waals surface area contributed by atoms with Crippen LogP contribution in [-0.4, -0.2) is 38.9 Å². The molecule has 1 rings (SSSR count). The van der Waals surface area contributed by atoms with Crippen LogP contribution in [0.4, 0.5) is 5.69 Å². The summed E-state index contributed by atoms with van der Waals surface area (Å²) in [7, 11) is -3.81. The molecule has 0 aliphatic heterocycles. The van der Waals surface area contributed by atoms with Crippen LogP contribution in [0, 0.1) is 13.8 Å². The van der Waals surface area contributed by atoms with Crippen molar-refractivity contribution < 1.29 is 13.2 Å². The number of benzene rings is 1. The van der Waals surface area contributed by atoms with Gasteiger partial charge in [0.25, 0.3) is 0 Å². The molecule has 1 aromatic rings. The van der Waals surface area contributed by atoms with Gasteiger partial charge in [-0.3, -0.25) is 4.79 Å². The molecule has 0 radical (unpaired) electrons. The third-order valence-corrected chi connectivity index (χ3v) is 5.01. The number of anilines is 1. The van der Waals surface area contributed by atoms with Crippen LogP contribution in [-0.2, 0) is 14.8 Å². The molecule has 0 atom stereocenters. The Morgan fingerprint density at radius 2 is 1.71 bits per heavy atom. The Bertz CT molecular complexity index is 623. The Morgan fingerprint density at radius 3 is 2.24 bits per heavy atom. The van der Waals surface area contributed by atoms with Gasteiger partial charge in [0.05, 0.1) is 12.2 Å². The second kappa shape index (κ2) is 6.91. The highest BCUT2D eigenvalue weighted by molar-refractivity contribution is 7.89. The van der Waals surface area contributed by atoms with Crippen LogP contribution in [0.1, 0.15) is 25.0 Å². The Hall–Kier alpha value is -1.60. The van der Waals surface area contributed by atoms with Crippen LogP contribution >= 0.6 is 0 Å². The number of amides is 1. The molecule has 7 heteroatoms. The van der Waals surface area contributed by atoms with E-state index in [1.807, 2.05) is 13.8 Å². The predicted octanol–water partition coefficient (Wildman–Crippen LogP) is 1.03. The van der Waals surface area contributed by atoms with Crippen molar-refractivity contribution in [3.63, 3.8) is 0 Å². The summed E-state index contributed by atoms with van der Waals surface area (Å²) < 4.78 is 27.1. The van der Waals surface area contributed by atoms with E-state index in [2.05, 4.69) is 4.72 Å². The minimum absolute atomic E-state index is 0.0508. The summed E-state index contributed by atoms with van der Waals surface area (Å²) in [6, 6.07) is 3.47. The van der Waals surface area contributed by atoms with Crippen LogP contribution in [0.15, 0.2) is 17.0 Å². The predicted molar refractivity (Wildman–Crippen MR) is 83.4 cm³/mol. The highest BCUT2D eigenvalue weighted by Gasteiger charge is 2.22. The van der Waals surface area contributed by atoms with Gasteiger partial charge in [-0.15, -0.1) is 0 Å². The summed E-state index contributed by atoms with van der Waals surface area (Å²) >= 11 is 0. The first-order chi connectivity index (χ1) is 9.74. The average molecular weight is 313 g/mol. The van der Waals surface area contributed by atoms with Gasteiger partial charge in [-0.05, 0) is 38.8 Å². The highest BCUT2D eigenvalue weighted by atomic mass is 32.2. The summed E-state index contributed by atoms with van der Waals surface area (Å²) in [6.45, 7) is 7.94. The molecule has 0 spiro atoms. The van der Waals surface area contributed by atoms with E-state index >= 15 is 0 Å². The fourth-order valence-corrected chi connectivity index (χ4v) is 3.48. The fourth-order valence-electron chi connectivity index (χ4n) is 2.08. The third-order valence-electron chi connectivity index (χ3n) is 3.41. The Labute approximate surface area is 126 Å². The van der Waals surface area contributed by atoms with Crippen molar-refractivity contribution in [3.05, 3.63) is 23.3 Å². The molecule has 0 heterocycles. The first-order valence-corrected chi connectivity index (χ1v) is 8.36. The molecule has 0 fully saturated rings. The van der Waals surface area contributed by atoms with Gasteiger partial charge >= 0.3 is 0 Å². The number of likely N-dealkylation sites (N-methyl/N-ethyl adjacent to an activating group) is 1. The topological polar surface area (TPSA) is 92.5 Å². The van der Waals surface area contributed by atoms with Gasteiger partial charge in [0.1, 0.15) is 4.90 Å². The smallest absolute Gasteiger partial charge is 0.243 e. The SMILES string of the molecule is CCN(CC)C(=O)CNS(=O)(=O)c1c(C)ccc(C)c1N. The lowest BCUT2D eigenvalue weighted by molar-refractivity contribution is -0.129. The summed E-state index contributed by atoms with van der Waals surface area (Å²) in [5, 5.41) is 0. The number of nitrogen functional groups attached to an aromatic ring is 1. The van der Waals surface area contributed by atoms with Gasteiger partial charge in [0.15, 0.2) is 0 Å². The number of carbonyl (C=O) groups is 1. The van der Waals surface area contributed by atoms with Gasteiger partial charge in [0, 0.05) is 13.1 Å². The fraction of sp³-hybridized carbons (Fsp3) is 0.500. The zero-order valence-electron chi connectivity index (χ0n) is 12.9. The van der Waals surface area contributed by atoms with Crippen molar-refractivity contribution in [1.29, 1.82) is 0 Å². The molecule has 0 aliphatic rings. The Balaban J connectivity index is 2.99. The van der Waals surface area contributed by atoms with E-state index in [0.29, 0.717) is 24.2 Å². The van der Waals surface area contributed by atoms with E-state index < -0.39 is 10.0 Å². The van der Waals surface area contributed by atoms with Crippen LogP contribution in [0.5, 0.6) is 0 Å². The van der Waals surface area contributed by atoms with Crippen molar-refractivity contribution >= 4 is 21.6 Å². The number of aryl methyl sites for hydroxylation is 2. The van der Waals surface area contributed by atoms with Crippen molar-refractivity contribution in [2.45, 2.75) is 32.6 Å². The summed E-state index contributed by atoms with van der Waals surface area (Å²) in [6.07, 6.45) is 0. The minimum atomic E-state index is -3.81. The van der Waals surface area contributed by atoms with Crippen LogP contribution in [0.25, 0.3) is 0 Å². The number of hydrogen-bond acceptors (Lipinski definition) is 4. The van der Waals surface area contributed by atoms with Crippen molar-refractivity contribution in [1.82, 2.24) is 9.62 Å². The molecule has 1 aromatic carbocycles. The monoisotopic (exact) mass is 313 g/mol. The molecule has 6 nitrogen and oxygen atoms in total. The maximum atomic E-state index is 12.4. The average Bonchev–Trinajstić information content (AvgIpc) is 2.42. The standard InChI is InChI=1S/C14H23N3O3S/c1-5-17(6-2)12(18)9-16-21(19,20)14-11(4)8-7-10(3)13(14)15/h7-8,16H,5-6,9,15H2,1-4H3. The van der Waals surface area contributed by atoms with Gasteiger partial charge in [-0.1, -0.05) is 12.1 Å². The number of nitrogens with two attached hydrogens (primary N) is 1. The number of rotatable bonds is 6. The maximum absolute atomic E-state index is 12.4. The van der Waals surface area contributed by atoms with Crippen molar-refractivity contribution in [2.24, 2.45) is 0 Å². The second-order valence-corrected chi connectivity index (χ2v) is 6.54. The van der Waals surface area contributed by atoms with E-state index in [1.54, 1.807) is 30.9 Å². The largest absolute Gasteiger partial charge is 0.397 e. The summed E-state index contributed by atoms with van der Waals surface area (Å²) in [5.41, 5.74) is 7.34. The summed E-state index contributed by atoms with van der Waals surface area (Å²) in [5.74, 6) is -0.257. The van der Waals surface area contributed by atoms with Gasteiger partial charge in [-0.25, -0.2) is 13.1 Å². The Morgan fingerprint density at radius 1 is 1.19 bits per heavy atom. The molecular weight excluding hydrogens is 290 g/mol. The number of nitrogens with zero attached hydrogens (tertiary/aromatic N) is 1. The molecular formula is C14H23N3O3S. The normalized spacial score (nSPS) is 11.4. The van der Waals surface area contributed by atoms with Crippen LogP contribution in [0.3, 0.4) is 0 Å². The van der Waals surface area contributed by atoms with E-state index in [4.69, 9.17) is 5.73 Å². The Kier molecular flexibility index (Phi) is 5.74. The van der Waals surface area contributed by atoms with E-state index in [9.17, 15) is 13.2 Å². The minimum Gasteiger partial charge on any atom is -0.397 e. The van der Waals surface area contributed by atoms with Gasteiger partial charge in [-0.2, -0.15) is 0 Å². The first-order valence-electron chi connectivity index (χ1n) is 6.87. The molecule has 0 saturated heterocycles. The van der Waals surface area contributed by atoms with Crippen molar-refractivity contribution in [3.8, 4) is 0 Å². The molecule has 1 amide bonds. The lowest BCUT2D eigenvalue weighted by Crippen LogP contribution is -2.40. The van der Waals surface area contributed by atoms with E-state index in [0.717, 1.165) is 0 Å². The number of nitrogens with one attached hydrogen (secondary N) is 1. The molecule has 0 aliphatic carbocycles. The second-order valence-electron chi connectivity index (χ2n) is 4.83. The highest BCUT2D eigenvalue weighted by Crippen LogP contribution is 2.25. The van der Waals surface area contributed by atoms with Crippen LogP contribution in [0.2, 0.25) is 0 Å². The van der Waals surface area contributed by atoms with Crippen LogP contribution < -0.4 is 10.5 Å². The molecule has 0 aromatic heterocycles. The quantitative estimate of drug-likeness (QED) is 0.767. The van der Waals surface area contributed by atoms with E-state index in [-0.39, 0.29) is 23.0 Å². The number of carbonyl (C=O) groups excluding carboxylic acids is 1. The summed E-state index contributed by atoms with van der Waals surface area (Å²) in [4.78, 5) is 13.5. The zero-order chi connectivity index (χ0) is 16.2. The lowest BCUT2D eigenvalue weighted by atomic mass is 10.1. The third kappa shape index (κ3) is 3.95. The van der Waals surface area contributed by atoms with Gasteiger partial charge < -0.3 is 10.6 Å². The number of hydrogen-bond donors (Lipinski definition) is 2. The van der Waals surface area contributed by atoms with Gasteiger partial charge in [0.2, 0.25) is 15.9 Å². The molecule has 3 N–H and O–H groups in total. The molecule has 0 unspecified atom stereocenters. The molecule has 21 heavy (non-hydrogen) atoms. The molecule has 0 saturated carbocycles. The lowest BCUT2D eigenvalue weighted by Gasteiger charge is -2.19. The zero-order valence-corrected chi connectivity index (χ0v) is 13.8. The first kappa shape index (κ1) is 17.5. The molecule has 118 valence electrons.